The van der Waals surface area contributed by atoms with Crippen LogP contribution in [0.2, 0.25) is 0 Å². The third-order valence-corrected chi connectivity index (χ3v) is 2.82. The lowest BCUT2D eigenvalue weighted by Crippen LogP contribution is -2.37. The molecule has 0 bridgehead atoms. The summed E-state index contributed by atoms with van der Waals surface area (Å²) in [4.78, 5) is 46.5. The van der Waals surface area contributed by atoms with Gasteiger partial charge < -0.3 is 9.47 Å². The second kappa shape index (κ2) is 7.62. The van der Waals surface area contributed by atoms with Crippen LogP contribution < -0.4 is 0 Å². The minimum absolute atomic E-state index is 0.112. The Morgan fingerprint density at radius 3 is 2.40 bits per heavy atom. The number of hydrogen-bond donors (Lipinski definition) is 0. The van der Waals surface area contributed by atoms with Gasteiger partial charge in [0.1, 0.15) is 6.54 Å². The van der Waals surface area contributed by atoms with Crippen molar-refractivity contribution >= 4 is 23.8 Å². The second-order valence-corrected chi connectivity index (χ2v) is 4.53. The normalized spacial score (nSPS) is 16.2. The molecular weight excluding hydrogens is 266 g/mol. The Balaban J connectivity index is 2.36. The number of carbonyl (C=O) groups excluding carboxylic acids is 4. The molecule has 7 heteroatoms. The lowest BCUT2D eigenvalue weighted by atomic mass is 10.3. The highest BCUT2D eigenvalue weighted by atomic mass is 16.6. The fraction of sp³-hybridized carbons (Fsp3) is 0.692. The Labute approximate surface area is 117 Å². The average Bonchev–Trinajstić information content (AvgIpc) is 2.70. The van der Waals surface area contributed by atoms with Crippen LogP contribution in [0, 0.1) is 0 Å². The molecule has 1 aliphatic rings. The monoisotopic (exact) mass is 285 g/mol. The molecule has 1 unspecified atom stereocenters. The van der Waals surface area contributed by atoms with E-state index in [2.05, 4.69) is 0 Å². The Hall–Kier alpha value is -1.92. The highest BCUT2D eigenvalue weighted by molar-refractivity contribution is 6.04. The number of hydrogen-bond acceptors (Lipinski definition) is 6. The number of carbonyl (C=O) groups is 4. The smallest absolute Gasteiger partial charge is 0.347 e. The van der Waals surface area contributed by atoms with Crippen LogP contribution in [-0.2, 0) is 28.7 Å². The predicted octanol–water partition coefficient (Wildman–Crippen LogP) is 0.410. The number of esters is 2. The molecule has 0 aliphatic carbocycles. The van der Waals surface area contributed by atoms with Gasteiger partial charge in [-0.2, -0.15) is 0 Å². The van der Waals surface area contributed by atoms with Crippen molar-refractivity contribution < 1.29 is 28.7 Å². The van der Waals surface area contributed by atoms with Gasteiger partial charge in [-0.05, 0) is 13.3 Å². The molecule has 0 aromatic heterocycles. The number of imide groups is 1. The minimum atomic E-state index is -1.05. The first kappa shape index (κ1) is 16.1. The molecule has 0 saturated carbocycles. The fourth-order valence-electron chi connectivity index (χ4n) is 1.65. The molecule has 1 heterocycles. The Morgan fingerprint density at radius 1 is 1.25 bits per heavy atom. The molecule has 1 rings (SSSR count). The van der Waals surface area contributed by atoms with Crippen LogP contribution in [0.5, 0.6) is 0 Å². The van der Waals surface area contributed by atoms with Crippen molar-refractivity contribution in [3.05, 3.63) is 0 Å². The summed E-state index contributed by atoms with van der Waals surface area (Å²) in [5.74, 6) is -2.23. The molecule has 112 valence electrons. The van der Waals surface area contributed by atoms with Gasteiger partial charge in [0.25, 0.3) is 0 Å². The summed E-state index contributed by atoms with van der Waals surface area (Å²) in [6, 6.07) is 0. The van der Waals surface area contributed by atoms with Gasteiger partial charge in [-0.3, -0.25) is 19.3 Å². The lowest BCUT2D eigenvalue weighted by Gasteiger charge is -2.16. The number of rotatable bonds is 7. The van der Waals surface area contributed by atoms with Crippen LogP contribution in [0.1, 0.15) is 39.5 Å². The first-order valence-electron chi connectivity index (χ1n) is 6.65. The molecule has 1 fully saturated rings. The maximum Gasteiger partial charge on any atom is 0.347 e. The number of amides is 2. The van der Waals surface area contributed by atoms with Gasteiger partial charge >= 0.3 is 11.9 Å². The number of nitrogens with zero attached hydrogens (tertiary/aromatic N) is 1. The van der Waals surface area contributed by atoms with Crippen molar-refractivity contribution in [2.24, 2.45) is 0 Å². The Kier molecular flexibility index (Phi) is 6.14. The van der Waals surface area contributed by atoms with E-state index in [-0.39, 0.29) is 19.4 Å². The van der Waals surface area contributed by atoms with E-state index in [1.54, 1.807) is 0 Å². The fourth-order valence-corrected chi connectivity index (χ4v) is 1.65. The molecule has 2 amide bonds. The first-order chi connectivity index (χ1) is 9.45. The van der Waals surface area contributed by atoms with Crippen LogP contribution in [0.25, 0.3) is 0 Å². The molecule has 0 N–H and O–H groups in total. The second-order valence-electron chi connectivity index (χ2n) is 4.53. The molecular formula is C13H19NO6. The van der Waals surface area contributed by atoms with Crippen LogP contribution in [-0.4, -0.2) is 47.9 Å². The third kappa shape index (κ3) is 4.64. The quantitative estimate of drug-likeness (QED) is 0.382. The summed E-state index contributed by atoms with van der Waals surface area (Å²) in [6.07, 6.45) is 0.804. The topological polar surface area (TPSA) is 90.0 Å². The largest absolute Gasteiger partial charge is 0.463 e. The first-order valence-corrected chi connectivity index (χ1v) is 6.65. The van der Waals surface area contributed by atoms with Crippen molar-refractivity contribution in [1.29, 1.82) is 0 Å². The number of ether oxygens (including phenoxy) is 2. The van der Waals surface area contributed by atoms with Gasteiger partial charge in [0.2, 0.25) is 11.8 Å². The lowest BCUT2D eigenvalue weighted by molar-refractivity contribution is -0.168. The van der Waals surface area contributed by atoms with E-state index in [0.717, 1.165) is 17.7 Å². The van der Waals surface area contributed by atoms with Crippen molar-refractivity contribution in [2.75, 3.05) is 13.2 Å². The van der Waals surface area contributed by atoms with E-state index in [0.29, 0.717) is 0 Å². The standard InChI is InChI=1S/C13H19NO6/c1-3-4-7-19-13(18)9(2)20-12(17)8-14-10(15)5-6-11(14)16/h9H,3-8H2,1-2H3. The highest BCUT2D eigenvalue weighted by Crippen LogP contribution is 2.11. The van der Waals surface area contributed by atoms with Crippen LogP contribution in [0.3, 0.4) is 0 Å². The molecule has 7 nitrogen and oxygen atoms in total. The molecule has 1 aliphatic heterocycles. The van der Waals surface area contributed by atoms with Crippen molar-refractivity contribution in [1.82, 2.24) is 4.90 Å². The van der Waals surface area contributed by atoms with Crippen LogP contribution in [0.4, 0.5) is 0 Å². The van der Waals surface area contributed by atoms with E-state index < -0.39 is 36.4 Å². The van der Waals surface area contributed by atoms with Gasteiger partial charge in [-0.1, -0.05) is 13.3 Å². The maximum absolute atomic E-state index is 11.6. The van der Waals surface area contributed by atoms with Gasteiger partial charge in [0.05, 0.1) is 6.61 Å². The summed E-state index contributed by atoms with van der Waals surface area (Å²) in [6.45, 7) is 3.17. The van der Waals surface area contributed by atoms with Crippen LogP contribution in [0.15, 0.2) is 0 Å². The molecule has 20 heavy (non-hydrogen) atoms. The summed E-state index contributed by atoms with van der Waals surface area (Å²) in [7, 11) is 0. The van der Waals surface area contributed by atoms with Gasteiger partial charge in [0.15, 0.2) is 6.10 Å². The van der Waals surface area contributed by atoms with Crippen molar-refractivity contribution in [3.8, 4) is 0 Å². The van der Waals surface area contributed by atoms with Gasteiger partial charge in [-0.15, -0.1) is 0 Å². The highest BCUT2D eigenvalue weighted by Gasteiger charge is 2.31. The van der Waals surface area contributed by atoms with E-state index in [1.807, 2.05) is 6.92 Å². The molecule has 1 saturated heterocycles. The van der Waals surface area contributed by atoms with Crippen molar-refractivity contribution in [3.63, 3.8) is 0 Å². The zero-order valence-electron chi connectivity index (χ0n) is 11.7. The van der Waals surface area contributed by atoms with E-state index >= 15 is 0 Å². The SMILES string of the molecule is CCCCOC(=O)C(C)OC(=O)CN1C(=O)CCC1=O. The van der Waals surface area contributed by atoms with Gasteiger partial charge in [-0.25, -0.2) is 4.79 Å². The van der Waals surface area contributed by atoms with Crippen LogP contribution >= 0.6 is 0 Å². The molecule has 0 radical (unpaired) electrons. The maximum atomic E-state index is 11.6. The van der Waals surface area contributed by atoms with E-state index in [9.17, 15) is 19.2 Å². The summed E-state index contributed by atoms with van der Waals surface area (Å²) in [5.41, 5.74) is 0. The van der Waals surface area contributed by atoms with Crippen molar-refractivity contribution in [2.45, 2.75) is 45.6 Å². The predicted molar refractivity (Wildman–Crippen MR) is 67.4 cm³/mol. The minimum Gasteiger partial charge on any atom is -0.463 e. The Morgan fingerprint density at radius 2 is 1.85 bits per heavy atom. The Bertz CT molecular complexity index is 390. The molecule has 0 aromatic rings. The number of unbranched alkanes of at least 4 members (excludes halogenated alkanes) is 1. The summed E-state index contributed by atoms with van der Waals surface area (Å²) in [5, 5.41) is 0. The average molecular weight is 285 g/mol. The zero-order valence-corrected chi connectivity index (χ0v) is 11.7. The molecule has 1 atom stereocenters. The number of likely N-dealkylation sites (tertiary alicyclic amines) is 1. The summed E-state index contributed by atoms with van der Waals surface area (Å²) < 4.78 is 9.74. The van der Waals surface area contributed by atoms with Gasteiger partial charge in [0, 0.05) is 12.8 Å². The molecule has 0 spiro atoms. The third-order valence-electron chi connectivity index (χ3n) is 2.82. The zero-order chi connectivity index (χ0) is 15.1. The molecule has 0 aromatic carbocycles. The summed E-state index contributed by atoms with van der Waals surface area (Å²) >= 11 is 0. The van der Waals surface area contributed by atoms with E-state index in [1.165, 1.54) is 6.92 Å². The van der Waals surface area contributed by atoms with E-state index in [4.69, 9.17) is 9.47 Å².